The van der Waals surface area contributed by atoms with Crippen molar-refractivity contribution in [1.29, 1.82) is 0 Å². The second kappa shape index (κ2) is 6.52. The van der Waals surface area contributed by atoms with Crippen molar-refractivity contribution in [2.75, 3.05) is 24.7 Å². The van der Waals surface area contributed by atoms with Crippen molar-refractivity contribution in [3.05, 3.63) is 35.9 Å². The zero-order chi connectivity index (χ0) is 14.7. The summed E-state index contributed by atoms with van der Waals surface area (Å²) in [4.78, 5) is 28.7. The standard InChI is InChI=1S/C16H20N2O2S/c19-15(10-13-6-2-1-3-7-13)18-12-21-11-14(18)16(20)17-8-4-5-9-17/h1-3,6-7,14H,4-5,8-12H2/t14-/m0/s1. The highest BCUT2D eigenvalue weighted by atomic mass is 32.2. The molecule has 0 saturated carbocycles. The van der Waals surface area contributed by atoms with Gasteiger partial charge in [0.2, 0.25) is 11.8 Å². The molecule has 2 amide bonds. The van der Waals surface area contributed by atoms with Crippen molar-refractivity contribution in [3.8, 4) is 0 Å². The first kappa shape index (κ1) is 14.4. The number of carbonyl (C=O) groups excluding carboxylic acids is 2. The van der Waals surface area contributed by atoms with E-state index in [9.17, 15) is 9.59 Å². The minimum atomic E-state index is -0.260. The third-order valence-electron chi connectivity index (χ3n) is 4.10. The van der Waals surface area contributed by atoms with E-state index in [4.69, 9.17) is 0 Å². The van der Waals surface area contributed by atoms with Crippen LogP contribution in [0, 0.1) is 0 Å². The third-order valence-corrected chi connectivity index (χ3v) is 5.12. The van der Waals surface area contributed by atoms with Crippen LogP contribution in [-0.4, -0.2) is 52.4 Å². The molecule has 2 aliphatic rings. The van der Waals surface area contributed by atoms with E-state index in [1.54, 1.807) is 16.7 Å². The van der Waals surface area contributed by atoms with Gasteiger partial charge in [0.05, 0.1) is 12.3 Å². The molecule has 0 N–H and O–H groups in total. The lowest BCUT2D eigenvalue weighted by molar-refractivity contribution is -0.142. The van der Waals surface area contributed by atoms with E-state index in [0.29, 0.717) is 12.3 Å². The maximum Gasteiger partial charge on any atom is 0.246 e. The van der Waals surface area contributed by atoms with Crippen LogP contribution in [0.1, 0.15) is 18.4 Å². The van der Waals surface area contributed by atoms with Crippen LogP contribution in [0.25, 0.3) is 0 Å². The molecule has 1 aromatic rings. The molecule has 1 atom stereocenters. The van der Waals surface area contributed by atoms with Crippen molar-refractivity contribution < 1.29 is 9.59 Å². The Morgan fingerprint density at radius 1 is 1.14 bits per heavy atom. The number of benzene rings is 1. The van der Waals surface area contributed by atoms with Gasteiger partial charge in [0.15, 0.2) is 0 Å². The molecule has 0 spiro atoms. The lowest BCUT2D eigenvalue weighted by atomic mass is 10.1. The van der Waals surface area contributed by atoms with E-state index in [1.165, 1.54) is 0 Å². The first-order chi connectivity index (χ1) is 10.3. The van der Waals surface area contributed by atoms with Gasteiger partial charge >= 0.3 is 0 Å². The molecule has 2 fully saturated rings. The zero-order valence-corrected chi connectivity index (χ0v) is 12.8. The normalized spacial score (nSPS) is 21.8. The molecular weight excluding hydrogens is 284 g/mol. The van der Waals surface area contributed by atoms with Gasteiger partial charge in [-0.15, -0.1) is 11.8 Å². The molecule has 0 radical (unpaired) electrons. The summed E-state index contributed by atoms with van der Waals surface area (Å²) in [5.41, 5.74) is 1.01. The van der Waals surface area contributed by atoms with E-state index in [-0.39, 0.29) is 17.9 Å². The first-order valence-corrected chi connectivity index (χ1v) is 8.61. The van der Waals surface area contributed by atoms with E-state index in [0.717, 1.165) is 37.2 Å². The Morgan fingerprint density at radius 2 is 1.86 bits per heavy atom. The Morgan fingerprint density at radius 3 is 2.57 bits per heavy atom. The Kier molecular flexibility index (Phi) is 4.48. The number of nitrogens with zero attached hydrogens (tertiary/aromatic N) is 2. The Bertz CT molecular complexity index is 514. The van der Waals surface area contributed by atoms with Gasteiger partial charge < -0.3 is 9.80 Å². The molecule has 2 saturated heterocycles. The molecule has 5 heteroatoms. The number of hydrogen-bond donors (Lipinski definition) is 0. The summed E-state index contributed by atoms with van der Waals surface area (Å²) in [5, 5.41) is 0. The summed E-state index contributed by atoms with van der Waals surface area (Å²) in [5.74, 6) is 1.56. The summed E-state index contributed by atoms with van der Waals surface area (Å²) in [6, 6.07) is 9.47. The second-order valence-electron chi connectivity index (χ2n) is 5.57. The average molecular weight is 304 g/mol. The maximum absolute atomic E-state index is 12.5. The molecule has 4 nitrogen and oxygen atoms in total. The van der Waals surface area contributed by atoms with Gasteiger partial charge in [-0.1, -0.05) is 30.3 Å². The van der Waals surface area contributed by atoms with Gasteiger partial charge in [-0.2, -0.15) is 0 Å². The molecule has 0 bridgehead atoms. The highest BCUT2D eigenvalue weighted by molar-refractivity contribution is 7.99. The minimum absolute atomic E-state index is 0.0590. The van der Waals surface area contributed by atoms with E-state index in [2.05, 4.69) is 0 Å². The second-order valence-corrected chi connectivity index (χ2v) is 6.57. The molecule has 112 valence electrons. The van der Waals surface area contributed by atoms with Crippen LogP contribution in [0.15, 0.2) is 30.3 Å². The number of amides is 2. The van der Waals surface area contributed by atoms with Crippen LogP contribution in [0.2, 0.25) is 0 Å². The number of thioether (sulfide) groups is 1. The Hall–Kier alpha value is -1.49. The third kappa shape index (κ3) is 3.23. The highest BCUT2D eigenvalue weighted by Gasteiger charge is 2.37. The lowest BCUT2D eigenvalue weighted by Gasteiger charge is -2.27. The number of likely N-dealkylation sites (tertiary alicyclic amines) is 1. The van der Waals surface area contributed by atoms with Gasteiger partial charge in [0.1, 0.15) is 6.04 Å². The highest BCUT2D eigenvalue weighted by Crippen LogP contribution is 2.24. The SMILES string of the molecule is O=C([C@@H]1CSCN1C(=O)Cc1ccccc1)N1CCCC1. The Labute approximate surface area is 129 Å². The molecule has 0 aliphatic carbocycles. The van der Waals surface area contributed by atoms with Gasteiger partial charge in [-0.25, -0.2) is 0 Å². The molecule has 1 aromatic carbocycles. The number of carbonyl (C=O) groups is 2. The van der Waals surface area contributed by atoms with Crippen LogP contribution < -0.4 is 0 Å². The minimum Gasteiger partial charge on any atom is -0.341 e. The van der Waals surface area contributed by atoms with Gasteiger partial charge in [0.25, 0.3) is 0 Å². The molecule has 2 heterocycles. The van der Waals surface area contributed by atoms with Gasteiger partial charge in [-0.05, 0) is 18.4 Å². The average Bonchev–Trinajstić information content (AvgIpc) is 3.19. The summed E-state index contributed by atoms with van der Waals surface area (Å²) in [7, 11) is 0. The number of hydrogen-bond acceptors (Lipinski definition) is 3. The van der Waals surface area contributed by atoms with E-state index in [1.807, 2.05) is 35.2 Å². The summed E-state index contributed by atoms with van der Waals surface area (Å²) < 4.78 is 0. The molecule has 0 unspecified atom stereocenters. The smallest absolute Gasteiger partial charge is 0.246 e. The number of rotatable bonds is 3. The molecular formula is C16H20N2O2S. The van der Waals surface area contributed by atoms with Crippen molar-refractivity contribution in [2.45, 2.75) is 25.3 Å². The maximum atomic E-state index is 12.5. The predicted octanol–water partition coefficient (Wildman–Crippen LogP) is 1.75. The topological polar surface area (TPSA) is 40.6 Å². The van der Waals surface area contributed by atoms with Gasteiger partial charge in [0, 0.05) is 18.8 Å². The molecule has 21 heavy (non-hydrogen) atoms. The quantitative estimate of drug-likeness (QED) is 0.854. The summed E-state index contributed by atoms with van der Waals surface area (Å²) in [6.07, 6.45) is 2.55. The zero-order valence-electron chi connectivity index (χ0n) is 12.0. The van der Waals surface area contributed by atoms with E-state index < -0.39 is 0 Å². The Balaban J connectivity index is 1.65. The van der Waals surface area contributed by atoms with Crippen LogP contribution in [-0.2, 0) is 16.0 Å². The summed E-state index contributed by atoms with van der Waals surface area (Å²) >= 11 is 1.67. The molecule has 0 aromatic heterocycles. The fourth-order valence-corrected chi connectivity index (χ4v) is 4.09. The lowest BCUT2D eigenvalue weighted by Crippen LogP contribution is -2.48. The van der Waals surface area contributed by atoms with Crippen LogP contribution in [0.3, 0.4) is 0 Å². The van der Waals surface area contributed by atoms with Crippen LogP contribution >= 0.6 is 11.8 Å². The first-order valence-electron chi connectivity index (χ1n) is 7.45. The van der Waals surface area contributed by atoms with Gasteiger partial charge in [-0.3, -0.25) is 9.59 Å². The van der Waals surface area contributed by atoms with Crippen molar-refractivity contribution in [1.82, 2.24) is 9.80 Å². The van der Waals surface area contributed by atoms with Crippen molar-refractivity contribution in [3.63, 3.8) is 0 Å². The van der Waals surface area contributed by atoms with Crippen LogP contribution in [0.4, 0.5) is 0 Å². The fraction of sp³-hybridized carbons (Fsp3) is 0.500. The van der Waals surface area contributed by atoms with Crippen molar-refractivity contribution >= 4 is 23.6 Å². The van der Waals surface area contributed by atoms with Crippen LogP contribution in [0.5, 0.6) is 0 Å². The van der Waals surface area contributed by atoms with E-state index >= 15 is 0 Å². The fourth-order valence-electron chi connectivity index (χ4n) is 2.91. The monoisotopic (exact) mass is 304 g/mol. The summed E-state index contributed by atoms with van der Waals surface area (Å²) in [6.45, 7) is 1.70. The molecule has 2 aliphatic heterocycles. The largest absolute Gasteiger partial charge is 0.341 e. The molecule has 3 rings (SSSR count). The predicted molar refractivity (Wildman–Crippen MR) is 83.9 cm³/mol. The van der Waals surface area contributed by atoms with Crippen molar-refractivity contribution in [2.24, 2.45) is 0 Å².